The third-order valence-corrected chi connectivity index (χ3v) is 2.74. The van der Waals surface area contributed by atoms with Crippen molar-refractivity contribution in [3.8, 4) is 0 Å². The highest BCUT2D eigenvalue weighted by Crippen LogP contribution is 2.05. The van der Waals surface area contributed by atoms with Gasteiger partial charge in [0, 0.05) is 18.7 Å². The summed E-state index contributed by atoms with van der Waals surface area (Å²) in [6.07, 6.45) is 3.99. The normalized spacial score (nSPS) is 10.5. The van der Waals surface area contributed by atoms with Gasteiger partial charge in [-0.15, -0.1) is 0 Å². The highest BCUT2D eigenvalue weighted by Gasteiger charge is 1.96. The zero-order valence-corrected chi connectivity index (χ0v) is 10.8. The minimum atomic E-state index is 0.132. The summed E-state index contributed by atoms with van der Waals surface area (Å²) in [4.78, 5) is 11.7. The van der Waals surface area contributed by atoms with Crippen LogP contribution in [0.3, 0.4) is 0 Å². The molecule has 0 aliphatic heterocycles. The predicted molar refractivity (Wildman–Crippen MR) is 80.0 cm³/mol. The van der Waals surface area contributed by atoms with Crippen molar-refractivity contribution in [1.82, 2.24) is 0 Å². The van der Waals surface area contributed by atoms with Gasteiger partial charge in [-0.05, 0) is 23.8 Å². The Balaban J connectivity index is 1.75. The Labute approximate surface area is 113 Å². The second kappa shape index (κ2) is 7.17. The molecule has 0 radical (unpaired) electrons. The van der Waals surface area contributed by atoms with Crippen LogP contribution >= 0.6 is 0 Å². The number of carbonyl (C=O) groups is 1. The molecular formula is C17H17NO. The maximum Gasteiger partial charge on any atom is 0.157 e. The van der Waals surface area contributed by atoms with Crippen LogP contribution < -0.4 is 5.32 Å². The standard InChI is InChI=1S/C17H17NO/c19-17(12-11-15-7-3-1-4-8-15)13-14-18-16-9-5-2-6-10-16/h1-12,18H,13-14H2. The minimum Gasteiger partial charge on any atom is -0.385 e. The summed E-state index contributed by atoms with van der Waals surface area (Å²) in [5, 5.41) is 3.22. The zero-order chi connectivity index (χ0) is 13.3. The fraction of sp³-hybridized carbons (Fsp3) is 0.118. The van der Waals surface area contributed by atoms with Crippen molar-refractivity contribution in [2.75, 3.05) is 11.9 Å². The molecular weight excluding hydrogens is 234 g/mol. The van der Waals surface area contributed by atoms with E-state index in [1.165, 1.54) is 0 Å². The zero-order valence-electron chi connectivity index (χ0n) is 10.8. The van der Waals surface area contributed by atoms with E-state index >= 15 is 0 Å². The highest BCUT2D eigenvalue weighted by molar-refractivity contribution is 5.93. The third-order valence-electron chi connectivity index (χ3n) is 2.74. The lowest BCUT2D eigenvalue weighted by atomic mass is 10.2. The number of hydrogen-bond acceptors (Lipinski definition) is 2. The van der Waals surface area contributed by atoms with Crippen molar-refractivity contribution in [3.63, 3.8) is 0 Å². The van der Waals surface area contributed by atoms with Crippen LogP contribution in [-0.2, 0) is 4.79 Å². The van der Waals surface area contributed by atoms with E-state index in [4.69, 9.17) is 0 Å². The fourth-order valence-corrected chi connectivity index (χ4v) is 1.72. The summed E-state index contributed by atoms with van der Waals surface area (Å²) in [6.45, 7) is 0.655. The third kappa shape index (κ3) is 4.80. The lowest BCUT2D eigenvalue weighted by Gasteiger charge is -2.03. The fourth-order valence-electron chi connectivity index (χ4n) is 1.72. The Hall–Kier alpha value is -2.35. The first-order chi connectivity index (χ1) is 9.34. The number of benzene rings is 2. The largest absolute Gasteiger partial charge is 0.385 e. The number of allylic oxidation sites excluding steroid dienone is 1. The molecule has 2 heteroatoms. The Morgan fingerprint density at radius 3 is 2.26 bits per heavy atom. The van der Waals surface area contributed by atoms with Gasteiger partial charge >= 0.3 is 0 Å². The van der Waals surface area contributed by atoms with Gasteiger partial charge in [0.1, 0.15) is 0 Å². The predicted octanol–water partition coefficient (Wildman–Crippen LogP) is 3.77. The van der Waals surface area contributed by atoms with Gasteiger partial charge in [-0.25, -0.2) is 0 Å². The van der Waals surface area contributed by atoms with Crippen LogP contribution in [0.1, 0.15) is 12.0 Å². The summed E-state index contributed by atoms with van der Waals surface area (Å²) in [7, 11) is 0. The topological polar surface area (TPSA) is 29.1 Å². The van der Waals surface area contributed by atoms with Gasteiger partial charge in [-0.2, -0.15) is 0 Å². The first-order valence-electron chi connectivity index (χ1n) is 6.39. The van der Waals surface area contributed by atoms with Crippen molar-refractivity contribution in [2.24, 2.45) is 0 Å². The summed E-state index contributed by atoms with van der Waals surface area (Å²) < 4.78 is 0. The number of rotatable bonds is 6. The molecule has 96 valence electrons. The molecule has 0 saturated carbocycles. The van der Waals surface area contributed by atoms with Crippen LogP contribution in [-0.4, -0.2) is 12.3 Å². The molecule has 0 aliphatic carbocycles. The number of nitrogens with one attached hydrogen (secondary N) is 1. The smallest absolute Gasteiger partial charge is 0.157 e. The van der Waals surface area contributed by atoms with Gasteiger partial charge in [0.05, 0.1) is 0 Å². The van der Waals surface area contributed by atoms with Crippen LogP contribution in [0.15, 0.2) is 66.7 Å². The second-order valence-corrected chi connectivity index (χ2v) is 4.25. The summed E-state index contributed by atoms with van der Waals surface area (Å²) in [6, 6.07) is 19.7. The second-order valence-electron chi connectivity index (χ2n) is 4.25. The average Bonchev–Trinajstić information content (AvgIpc) is 2.47. The number of para-hydroxylation sites is 1. The quantitative estimate of drug-likeness (QED) is 0.792. The van der Waals surface area contributed by atoms with Crippen molar-refractivity contribution in [1.29, 1.82) is 0 Å². The van der Waals surface area contributed by atoms with E-state index in [0.29, 0.717) is 13.0 Å². The van der Waals surface area contributed by atoms with Crippen LogP contribution in [0, 0.1) is 0 Å². The Bertz CT molecular complexity index is 532. The van der Waals surface area contributed by atoms with E-state index in [1.54, 1.807) is 6.08 Å². The number of anilines is 1. The molecule has 0 unspecified atom stereocenters. The Morgan fingerprint density at radius 1 is 0.947 bits per heavy atom. The molecule has 0 heterocycles. The van der Waals surface area contributed by atoms with Gasteiger partial charge in [-0.1, -0.05) is 54.6 Å². The highest BCUT2D eigenvalue weighted by atomic mass is 16.1. The Kier molecular flexibility index (Phi) is 4.94. The molecule has 0 fully saturated rings. The van der Waals surface area contributed by atoms with Crippen molar-refractivity contribution in [2.45, 2.75) is 6.42 Å². The molecule has 2 aromatic rings. The molecule has 0 aromatic heterocycles. The molecule has 0 spiro atoms. The van der Waals surface area contributed by atoms with Crippen molar-refractivity contribution < 1.29 is 4.79 Å². The lowest BCUT2D eigenvalue weighted by Crippen LogP contribution is -2.06. The van der Waals surface area contributed by atoms with Crippen molar-refractivity contribution in [3.05, 3.63) is 72.3 Å². The molecule has 0 bridgehead atoms. The molecule has 2 rings (SSSR count). The van der Waals surface area contributed by atoms with Crippen LogP contribution in [0.5, 0.6) is 0 Å². The molecule has 19 heavy (non-hydrogen) atoms. The maximum absolute atomic E-state index is 11.7. The molecule has 0 saturated heterocycles. The Morgan fingerprint density at radius 2 is 1.58 bits per heavy atom. The van der Waals surface area contributed by atoms with Gasteiger partial charge in [0.15, 0.2) is 5.78 Å². The van der Waals surface area contributed by atoms with Crippen LogP contribution in [0.25, 0.3) is 6.08 Å². The van der Waals surface area contributed by atoms with E-state index < -0.39 is 0 Å². The average molecular weight is 251 g/mol. The summed E-state index contributed by atoms with van der Waals surface area (Å²) in [5.41, 5.74) is 2.09. The minimum absolute atomic E-state index is 0.132. The van der Waals surface area contributed by atoms with E-state index in [0.717, 1.165) is 11.3 Å². The van der Waals surface area contributed by atoms with E-state index in [2.05, 4.69) is 5.32 Å². The molecule has 2 aromatic carbocycles. The molecule has 0 amide bonds. The lowest BCUT2D eigenvalue weighted by molar-refractivity contribution is -0.114. The summed E-state index contributed by atoms with van der Waals surface area (Å²) in [5.74, 6) is 0.132. The van der Waals surface area contributed by atoms with Gasteiger partial charge in [-0.3, -0.25) is 4.79 Å². The van der Waals surface area contributed by atoms with Gasteiger partial charge in [0.25, 0.3) is 0 Å². The maximum atomic E-state index is 11.7. The summed E-state index contributed by atoms with van der Waals surface area (Å²) >= 11 is 0. The van der Waals surface area contributed by atoms with Gasteiger partial charge < -0.3 is 5.32 Å². The SMILES string of the molecule is O=C(C=Cc1ccccc1)CCNc1ccccc1. The molecule has 2 nitrogen and oxygen atoms in total. The monoisotopic (exact) mass is 251 g/mol. The number of carbonyl (C=O) groups excluding carboxylic acids is 1. The number of ketones is 1. The molecule has 0 aliphatic rings. The van der Waals surface area contributed by atoms with Crippen LogP contribution in [0.4, 0.5) is 5.69 Å². The first kappa shape index (κ1) is 13.1. The first-order valence-corrected chi connectivity index (χ1v) is 6.39. The molecule has 0 atom stereocenters. The van der Waals surface area contributed by atoms with E-state index in [-0.39, 0.29) is 5.78 Å². The van der Waals surface area contributed by atoms with Crippen molar-refractivity contribution >= 4 is 17.5 Å². The van der Waals surface area contributed by atoms with Gasteiger partial charge in [0.2, 0.25) is 0 Å². The van der Waals surface area contributed by atoms with Crippen LogP contribution in [0.2, 0.25) is 0 Å². The van der Waals surface area contributed by atoms with E-state index in [9.17, 15) is 4.79 Å². The van der Waals surface area contributed by atoms with E-state index in [1.807, 2.05) is 66.7 Å². The molecule has 1 N–H and O–H groups in total. The number of hydrogen-bond donors (Lipinski definition) is 1.